The zero-order valence-corrected chi connectivity index (χ0v) is 8.83. The summed E-state index contributed by atoms with van der Waals surface area (Å²) in [6.07, 6.45) is 4.37. The van der Waals surface area contributed by atoms with Crippen molar-refractivity contribution in [2.75, 3.05) is 6.54 Å². The number of rotatable bonds is 9. The second-order valence-electron chi connectivity index (χ2n) is 3.33. The molecule has 0 atom stereocenters. The maximum absolute atomic E-state index is 11.1. The van der Waals surface area contributed by atoms with Gasteiger partial charge in [-0.05, 0) is 12.8 Å². The quantitative estimate of drug-likeness (QED) is 0.422. The molecule has 0 unspecified atom stereocenters. The third-order valence-electron chi connectivity index (χ3n) is 1.92. The molecule has 0 rings (SSSR count). The van der Waals surface area contributed by atoms with Gasteiger partial charge in [-0.1, -0.05) is 6.42 Å². The Kier molecular flexibility index (Phi) is 8.33. The van der Waals surface area contributed by atoms with Gasteiger partial charge in [0, 0.05) is 25.8 Å². The number of nitrogens with one attached hydrogen (secondary N) is 1. The number of carbonyl (C=O) groups is 3. The Balaban J connectivity index is 3.23. The normalized spacial score (nSPS) is 9.60. The number of primary amides is 1. The molecule has 0 bridgehead atoms. The number of hydrogen-bond donors (Lipinski definition) is 2. The molecule has 0 spiro atoms. The van der Waals surface area contributed by atoms with E-state index in [0.717, 1.165) is 25.5 Å². The van der Waals surface area contributed by atoms with Crippen LogP contribution in [-0.4, -0.2) is 24.6 Å². The van der Waals surface area contributed by atoms with E-state index in [1.54, 1.807) is 0 Å². The van der Waals surface area contributed by atoms with Crippen LogP contribution in [0.5, 0.6) is 0 Å². The van der Waals surface area contributed by atoms with E-state index in [1.165, 1.54) is 0 Å². The van der Waals surface area contributed by atoms with Gasteiger partial charge in [-0.25, -0.2) is 0 Å². The zero-order chi connectivity index (χ0) is 11.5. The average Bonchev–Trinajstić information content (AvgIpc) is 2.20. The van der Waals surface area contributed by atoms with Crippen LogP contribution in [0.15, 0.2) is 0 Å². The Morgan fingerprint density at radius 1 is 1.13 bits per heavy atom. The molecule has 2 amide bonds. The van der Waals surface area contributed by atoms with Crippen LogP contribution < -0.4 is 11.1 Å². The molecule has 0 aliphatic carbocycles. The van der Waals surface area contributed by atoms with E-state index >= 15 is 0 Å². The SMILES string of the molecule is NC(=O)CCC(=O)NCCCCCC=O. The molecule has 5 nitrogen and oxygen atoms in total. The fourth-order valence-electron chi connectivity index (χ4n) is 1.08. The van der Waals surface area contributed by atoms with Gasteiger partial charge in [-0.3, -0.25) is 9.59 Å². The molecule has 0 saturated carbocycles. The van der Waals surface area contributed by atoms with Crippen molar-refractivity contribution in [3.8, 4) is 0 Å². The summed E-state index contributed by atoms with van der Waals surface area (Å²) in [6.45, 7) is 0.594. The van der Waals surface area contributed by atoms with E-state index in [9.17, 15) is 14.4 Å². The monoisotopic (exact) mass is 214 g/mol. The Morgan fingerprint density at radius 3 is 2.47 bits per heavy atom. The minimum atomic E-state index is -0.462. The highest BCUT2D eigenvalue weighted by Gasteiger charge is 2.02. The van der Waals surface area contributed by atoms with Crippen LogP contribution in [0.25, 0.3) is 0 Å². The maximum Gasteiger partial charge on any atom is 0.220 e. The lowest BCUT2D eigenvalue weighted by atomic mass is 10.2. The minimum Gasteiger partial charge on any atom is -0.370 e. The largest absolute Gasteiger partial charge is 0.370 e. The summed E-state index contributed by atoms with van der Waals surface area (Å²) in [4.78, 5) is 31.4. The molecule has 0 aliphatic heterocycles. The van der Waals surface area contributed by atoms with Crippen LogP contribution in [0.3, 0.4) is 0 Å². The minimum absolute atomic E-state index is 0.0942. The smallest absolute Gasteiger partial charge is 0.220 e. The topological polar surface area (TPSA) is 89.3 Å². The van der Waals surface area contributed by atoms with Crippen molar-refractivity contribution in [2.45, 2.75) is 38.5 Å². The molecule has 0 aromatic carbocycles. The van der Waals surface area contributed by atoms with Crippen molar-refractivity contribution in [1.29, 1.82) is 0 Å². The van der Waals surface area contributed by atoms with Gasteiger partial charge < -0.3 is 15.8 Å². The molecule has 0 radical (unpaired) electrons. The summed E-state index contributed by atoms with van der Waals surface area (Å²) >= 11 is 0. The zero-order valence-electron chi connectivity index (χ0n) is 8.83. The van der Waals surface area contributed by atoms with Crippen LogP contribution in [0.1, 0.15) is 38.5 Å². The van der Waals surface area contributed by atoms with E-state index in [1.807, 2.05) is 0 Å². The molecule has 0 aromatic heterocycles. The molecule has 0 heterocycles. The van der Waals surface area contributed by atoms with Crippen molar-refractivity contribution in [3.05, 3.63) is 0 Å². The first-order valence-corrected chi connectivity index (χ1v) is 5.15. The summed E-state index contributed by atoms with van der Waals surface area (Å²) in [6, 6.07) is 0. The van der Waals surface area contributed by atoms with Gasteiger partial charge >= 0.3 is 0 Å². The lowest BCUT2D eigenvalue weighted by Gasteiger charge is -2.03. The van der Waals surface area contributed by atoms with Gasteiger partial charge in [0.25, 0.3) is 0 Å². The summed E-state index contributed by atoms with van der Waals surface area (Å²) in [5.74, 6) is -0.611. The van der Waals surface area contributed by atoms with Crippen LogP contribution in [0.2, 0.25) is 0 Å². The number of hydrogen-bond acceptors (Lipinski definition) is 3. The standard InChI is InChI=1S/C10H18N2O3/c11-9(14)5-6-10(15)12-7-3-1-2-4-8-13/h8H,1-7H2,(H2,11,14)(H,12,15). The molecule has 3 N–H and O–H groups in total. The van der Waals surface area contributed by atoms with Crippen LogP contribution >= 0.6 is 0 Å². The van der Waals surface area contributed by atoms with E-state index < -0.39 is 5.91 Å². The van der Waals surface area contributed by atoms with Crippen molar-refractivity contribution in [1.82, 2.24) is 5.32 Å². The fraction of sp³-hybridized carbons (Fsp3) is 0.700. The summed E-state index contributed by atoms with van der Waals surface area (Å²) in [5.41, 5.74) is 4.90. The van der Waals surface area contributed by atoms with E-state index in [-0.39, 0.29) is 18.7 Å². The molecule has 15 heavy (non-hydrogen) atoms. The van der Waals surface area contributed by atoms with Crippen LogP contribution in [0.4, 0.5) is 0 Å². The highest BCUT2D eigenvalue weighted by molar-refractivity contribution is 5.82. The highest BCUT2D eigenvalue weighted by Crippen LogP contribution is 1.96. The maximum atomic E-state index is 11.1. The van der Waals surface area contributed by atoms with Crippen molar-refractivity contribution < 1.29 is 14.4 Å². The first-order valence-electron chi connectivity index (χ1n) is 5.15. The Morgan fingerprint density at radius 2 is 1.87 bits per heavy atom. The number of unbranched alkanes of at least 4 members (excludes halogenated alkanes) is 3. The second-order valence-corrected chi connectivity index (χ2v) is 3.33. The van der Waals surface area contributed by atoms with Gasteiger partial charge in [0.1, 0.15) is 6.29 Å². The predicted octanol–water partition coefficient (Wildman–Crippen LogP) is 0.127. The third-order valence-corrected chi connectivity index (χ3v) is 1.92. The highest BCUT2D eigenvalue weighted by atomic mass is 16.2. The second kappa shape index (κ2) is 9.18. The van der Waals surface area contributed by atoms with Crippen molar-refractivity contribution in [2.24, 2.45) is 5.73 Å². The van der Waals surface area contributed by atoms with Crippen LogP contribution in [0, 0.1) is 0 Å². The van der Waals surface area contributed by atoms with E-state index in [2.05, 4.69) is 5.32 Å². The van der Waals surface area contributed by atoms with Gasteiger partial charge in [0.2, 0.25) is 11.8 Å². The molecule has 0 fully saturated rings. The lowest BCUT2D eigenvalue weighted by Crippen LogP contribution is -2.25. The summed E-state index contributed by atoms with van der Waals surface area (Å²) < 4.78 is 0. The molecular weight excluding hydrogens is 196 g/mol. The number of carbonyl (C=O) groups excluding carboxylic acids is 3. The summed E-state index contributed by atoms with van der Waals surface area (Å²) in [5, 5.41) is 2.68. The summed E-state index contributed by atoms with van der Waals surface area (Å²) in [7, 11) is 0. The average molecular weight is 214 g/mol. The number of nitrogens with two attached hydrogens (primary N) is 1. The van der Waals surface area contributed by atoms with Crippen LogP contribution in [-0.2, 0) is 14.4 Å². The van der Waals surface area contributed by atoms with E-state index in [0.29, 0.717) is 13.0 Å². The molecule has 0 aromatic rings. The molecular formula is C10H18N2O3. The molecule has 5 heteroatoms. The van der Waals surface area contributed by atoms with Gasteiger partial charge in [0.15, 0.2) is 0 Å². The van der Waals surface area contributed by atoms with Crippen molar-refractivity contribution >= 4 is 18.1 Å². The fourth-order valence-corrected chi connectivity index (χ4v) is 1.08. The molecule has 0 saturated heterocycles. The number of aldehydes is 1. The Labute approximate surface area is 89.4 Å². The first-order chi connectivity index (χ1) is 7.16. The van der Waals surface area contributed by atoms with Gasteiger partial charge in [-0.15, -0.1) is 0 Å². The lowest BCUT2D eigenvalue weighted by molar-refractivity contribution is -0.125. The molecule has 86 valence electrons. The van der Waals surface area contributed by atoms with Crippen molar-refractivity contribution in [3.63, 3.8) is 0 Å². The first kappa shape index (κ1) is 13.6. The van der Waals surface area contributed by atoms with E-state index in [4.69, 9.17) is 5.73 Å². The predicted molar refractivity (Wildman–Crippen MR) is 56.0 cm³/mol. The number of amides is 2. The molecule has 0 aliphatic rings. The van der Waals surface area contributed by atoms with Gasteiger partial charge in [-0.2, -0.15) is 0 Å². The Hall–Kier alpha value is -1.39. The van der Waals surface area contributed by atoms with Gasteiger partial charge in [0.05, 0.1) is 0 Å². The Bertz CT molecular complexity index is 217. The third kappa shape index (κ3) is 10.5.